The molecule has 0 heterocycles. The van der Waals surface area contributed by atoms with E-state index in [9.17, 15) is 19.7 Å². The highest BCUT2D eigenvalue weighted by atomic mass is 16.6. The predicted octanol–water partition coefficient (Wildman–Crippen LogP) is 1.97. The van der Waals surface area contributed by atoms with Crippen LogP contribution in [0.25, 0.3) is 0 Å². The van der Waals surface area contributed by atoms with Gasteiger partial charge in [0.2, 0.25) is 5.91 Å². The van der Waals surface area contributed by atoms with Gasteiger partial charge in [-0.2, -0.15) is 0 Å². The third-order valence-corrected chi connectivity index (χ3v) is 2.69. The fourth-order valence-electron chi connectivity index (χ4n) is 1.73. The zero-order valence-corrected chi connectivity index (χ0v) is 11.6. The standard InChI is InChI=1S/C14H16N2O5/c1-2-9-15(13(17)7-8-14(18)19)10-11-3-5-12(6-4-11)16(20)21/h3-8H,2,9-10H2,1H3,(H,18,19). The molecule has 1 amide bonds. The van der Waals surface area contributed by atoms with Crippen LogP contribution in [0, 0.1) is 10.1 Å². The first-order chi connectivity index (χ1) is 9.93. The molecule has 0 atom stereocenters. The monoisotopic (exact) mass is 292 g/mol. The van der Waals surface area contributed by atoms with E-state index in [4.69, 9.17) is 5.11 Å². The van der Waals surface area contributed by atoms with Crippen LogP contribution in [0.15, 0.2) is 36.4 Å². The Kier molecular flexibility index (Phi) is 6.06. The quantitative estimate of drug-likeness (QED) is 0.470. The maximum atomic E-state index is 11.9. The predicted molar refractivity (Wildman–Crippen MR) is 75.6 cm³/mol. The molecule has 0 saturated carbocycles. The summed E-state index contributed by atoms with van der Waals surface area (Å²) in [5, 5.41) is 19.1. The molecule has 0 spiro atoms. The van der Waals surface area contributed by atoms with Gasteiger partial charge in [0.1, 0.15) is 0 Å². The molecular weight excluding hydrogens is 276 g/mol. The fourth-order valence-corrected chi connectivity index (χ4v) is 1.73. The second kappa shape index (κ2) is 7.78. The van der Waals surface area contributed by atoms with Gasteiger partial charge in [-0.15, -0.1) is 0 Å². The molecule has 0 unspecified atom stereocenters. The van der Waals surface area contributed by atoms with Gasteiger partial charge in [-0.3, -0.25) is 14.9 Å². The van der Waals surface area contributed by atoms with Gasteiger partial charge in [-0.1, -0.05) is 19.1 Å². The van der Waals surface area contributed by atoms with Gasteiger partial charge in [0.25, 0.3) is 5.69 Å². The van der Waals surface area contributed by atoms with Crippen LogP contribution in [0.2, 0.25) is 0 Å². The number of carbonyl (C=O) groups is 2. The van der Waals surface area contributed by atoms with Gasteiger partial charge in [0.15, 0.2) is 0 Å². The maximum absolute atomic E-state index is 11.9. The van der Waals surface area contributed by atoms with Crippen LogP contribution < -0.4 is 0 Å². The van der Waals surface area contributed by atoms with Gasteiger partial charge < -0.3 is 10.0 Å². The van der Waals surface area contributed by atoms with Crippen molar-refractivity contribution in [1.82, 2.24) is 4.90 Å². The molecule has 0 fully saturated rings. The summed E-state index contributed by atoms with van der Waals surface area (Å²) in [6.07, 6.45) is 2.52. The molecule has 7 nitrogen and oxygen atoms in total. The topological polar surface area (TPSA) is 101 Å². The zero-order chi connectivity index (χ0) is 15.8. The lowest BCUT2D eigenvalue weighted by Crippen LogP contribution is -2.29. The third-order valence-electron chi connectivity index (χ3n) is 2.69. The maximum Gasteiger partial charge on any atom is 0.328 e. The molecular formula is C14H16N2O5. The van der Waals surface area contributed by atoms with Crippen molar-refractivity contribution < 1.29 is 19.6 Å². The Bertz CT molecular complexity index is 551. The Hall–Kier alpha value is -2.70. The normalized spacial score (nSPS) is 10.5. The SMILES string of the molecule is CCCN(Cc1ccc([N+](=O)[O-])cc1)C(=O)C=CC(=O)O. The highest BCUT2D eigenvalue weighted by Gasteiger charge is 2.12. The van der Waals surface area contributed by atoms with E-state index in [1.165, 1.54) is 17.0 Å². The van der Waals surface area contributed by atoms with Gasteiger partial charge in [-0.25, -0.2) is 4.79 Å². The number of hydrogen-bond donors (Lipinski definition) is 1. The van der Waals surface area contributed by atoms with Crippen molar-refractivity contribution >= 4 is 17.6 Å². The summed E-state index contributed by atoms with van der Waals surface area (Å²) >= 11 is 0. The van der Waals surface area contributed by atoms with Crippen LogP contribution >= 0.6 is 0 Å². The number of nitro groups is 1. The van der Waals surface area contributed by atoms with Crippen LogP contribution in [-0.2, 0) is 16.1 Å². The molecule has 112 valence electrons. The lowest BCUT2D eigenvalue weighted by atomic mass is 10.2. The lowest BCUT2D eigenvalue weighted by Gasteiger charge is -2.20. The van der Waals surface area contributed by atoms with Crippen LogP contribution in [0.5, 0.6) is 0 Å². The Balaban J connectivity index is 2.80. The summed E-state index contributed by atoms with van der Waals surface area (Å²) in [5.74, 6) is -1.59. The Labute approximate surface area is 121 Å². The third kappa shape index (κ3) is 5.43. The molecule has 0 aliphatic rings. The number of hydrogen-bond acceptors (Lipinski definition) is 4. The molecule has 0 bridgehead atoms. The van der Waals surface area contributed by atoms with Gasteiger partial charge in [0.05, 0.1) is 4.92 Å². The summed E-state index contributed by atoms with van der Waals surface area (Å²) in [6.45, 7) is 2.64. The van der Waals surface area contributed by atoms with Crippen molar-refractivity contribution in [1.29, 1.82) is 0 Å². The number of aliphatic carboxylic acids is 1. The number of carbonyl (C=O) groups excluding carboxylic acids is 1. The van der Waals surface area contributed by atoms with Crippen molar-refractivity contribution in [3.63, 3.8) is 0 Å². The van der Waals surface area contributed by atoms with E-state index >= 15 is 0 Å². The summed E-state index contributed by atoms with van der Waals surface area (Å²) in [7, 11) is 0. The number of amides is 1. The van der Waals surface area contributed by atoms with Crippen LogP contribution in [-0.4, -0.2) is 33.4 Å². The average Bonchev–Trinajstić information content (AvgIpc) is 2.44. The molecule has 0 aliphatic carbocycles. The van der Waals surface area contributed by atoms with E-state index < -0.39 is 16.8 Å². The molecule has 0 aromatic heterocycles. The molecule has 0 saturated heterocycles. The number of carboxylic acids is 1. The molecule has 1 N–H and O–H groups in total. The summed E-state index contributed by atoms with van der Waals surface area (Å²) in [4.78, 5) is 33.9. The van der Waals surface area contributed by atoms with Gasteiger partial charge in [0, 0.05) is 37.4 Å². The zero-order valence-electron chi connectivity index (χ0n) is 11.6. The number of nitrogens with zero attached hydrogens (tertiary/aromatic N) is 2. The van der Waals surface area contributed by atoms with E-state index in [2.05, 4.69) is 0 Å². The van der Waals surface area contributed by atoms with E-state index in [1.54, 1.807) is 12.1 Å². The minimum absolute atomic E-state index is 0.0158. The second-order valence-corrected chi connectivity index (χ2v) is 4.35. The largest absolute Gasteiger partial charge is 0.478 e. The Morgan fingerprint density at radius 1 is 1.29 bits per heavy atom. The molecule has 1 aromatic carbocycles. The number of non-ortho nitro benzene ring substituents is 1. The molecule has 0 radical (unpaired) electrons. The van der Waals surface area contributed by atoms with E-state index in [0.29, 0.717) is 6.54 Å². The summed E-state index contributed by atoms with van der Waals surface area (Å²) in [5.41, 5.74) is 0.726. The van der Waals surface area contributed by atoms with Crippen molar-refractivity contribution in [2.75, 3.05) is 6.54 Å². The molecule has 0 aliphatic heterocycles. The van der Waals surface area contributed by atoms with Crippen molar-refractivity contribution in [3.05, 3.63) is 52.1 Å². The first-order valence-electron chi connectivity index (χ1n) is 6.37. The number of nitro benzene ring substituents is 1. The smallest absolute Gasteiger partial charge is 0.328 e. The van der Waals surface area contributed by atoms with Crippen LogP contribution in [0.3, 0.4) is 0 Å². The highest BCUT2D eigenvalue weighted by Crippen LogP contribution is 2.14. The average molecular weight is 292 g/mol. The molecule has 1 rings (SSSR count). The van der Waals surface area contributed by atoms with E-state index in [-0.39, 0.29) is 12.2 Å². The van der Waals surface area contributed by atoms with E-state index in [1.807, 2.05) is 6.92 Å². The summed E-state index contributed by atoms with van der Waals surface area (Å²) < 4.78 is 0. The fraction of sp³-hybridized carbons (Fsp3) is 0.286. The first-order valence-corrected chi connectivity index (χ1v) is 6.37. The minimum atomic E-state index is -1.19. The second-order valence-electron chi connectivity index (χ2n) is 4.35. The summed E-state index contributed by atoms with van der Waals surface area (Å²) in [6, 6.07) is 5.90. The minimum Gasteiger partial charge on any atom is -0.478 e. The van der Waals surface area contributed by atoms with Gasteiger partial charge in [-0.05, 0) is 12.0 Å². The van der Waals surface area contributed by atoms with Crippen molar-refractivity contribution in [2.45, 2.75) is 19.9 Å². The molecule has 21 heavy (non-hydrogen) atoms. The van der Waals surface area contributed by atoms with Gasteiger partial charge >= 0.3 is 5.97 Å². The van der Waals surface area contributed by atoms with Crippen molar-refractivity contribution in [3.8, 4) is 0 Å². The number of rotatable bonds is 7. The molecule has 1 aromatic rings. The van der Waals surface area contributed by atoms with E-state index in [0.717, 1.165) is 24.1 Å². The Morgan fingerprint density at radius 2 is 1.90 bits per heavy atom. The highest BCUT2D eigenvalue weighted by molar-refractivity contribution is 5.93. The first kappa shape index (κ1) is 16.4. The van der Waals surface area contributed by atoms with Crippen LogP contribution in [0.4, 0.5) is 5.69 Å². The van der Waals surface area contributed by atoms with Crippen molar-refractivity contribution in [2.24, 2.45) is 0 Å². The lowest BCUT2D eigenvalue weighted by molar-refractivity contribution is -0.384. The number of carboxylic acid groups (broad SMARTS) is 1. The Morgan fingerprint density at radius 3 is 2.38 bits per heavy atom. The number of benzene rings is 1. The molecule has 7 heteroatoms. The van der Waals surface area contributed by atoms with Crippen LogP contribution in [0.1, 0.15) is 18.9 Å².